The summed E-state index contributed by atoms with van der Waals surface area (Å²) in [5.74, 6) is -0.531. The van der Waals surface area contributed by atoms with E-state index < -0.39 is 21.9 Å². The topological polar surface area (TPSA) is 46.5 Å². The van der Waals surface area contributed by atoms with E-state index in [0.29, 0.717) is 5.75 Å². The van der Waals surface area contributed by atoms with Gasteiger partial charge < -0.3 is 0 Å². The fraction of sp³-hybridized carbons (Fsp3) is 0.0714. The van der Waals surface area contributed by atoms with Gasteiger partial charge in [-0.3, -0.25) is 0 Å². The summed E-state index contributed by atoms with van der Waals surface area (Å²) in [6.07, 6.45) is 0. The third-order valence-electron chi connectivity index (χ3n) is 2.52. The zero-order valence-corrected chi connectivity index (χ0v) is 14.2. The molecule has 20 heavy (non-hydrogen) atoms. The van der Waals surface area contributed by atoms with Crippen molar-refractivity contribution in [2.24, 2.45) is 0 Å². The molecule has 0 saturated heterocycles. The second-order valence-electron chi connectivity index (χ2n) is 3.94. The Morgan fingerprint density at radius 1 is 1.00 bits per heavy atom. The molecule has 0 aliphatic heterocycles. The standard InChI is InChI=1S/C14H12Cl2O3Te/c15-20(16,12-4-2-1-3-5-12)13-8-6-11(7-9-13)19-10-14(17)18/h1-9H,10H2,(H,17,18). The van der Waals surface area contributed by atoms with E-state index in [-0.39, 0.29) is 6.61 Å². The Bertz CT molecular complexity index is 585. The number of rotatable bonds is 5. The van der Waals surface area contributed by atoms with E-state index in [2.05, 4.69) is 0 Å². The van der Waals surface area contributed by atoms with E-state index in [9.17, 15) is 4.79 Å². The molecule has 0 spiro atoms. The molecule has 106 valence electrons. The number of carboxylic acids is 1. The van der Waals surface area contributed by atoms with Gasteiger partial charge in [-0.1, -0.05) is 0 Å². The minimum atomic E-state index is -3.34. The number of carbonyl (C=O) groups is 1. The van der Waals surface area contributed by atoms with Crippen molar-refractivity contribution in [3.05, 3.63) is 54.6 Å². The number of hydrogen-bond acceptors (Lipinski definition) is 2. The average molecular weight is 427 g/mol. The van der Waals surface area contributed by atoms with E-state index in [4.69, 9.17) is 27.8 Å². The van der Waals surface area contributed by atoms with Crippen LogP contribution in [0.15, 0.2) is 54.6 Å². The van der Waals surface area contributed by atoms with E-state index in [1.807, 2.05) is 30.3 Å². The number of aliphatic carboxylic acids is 1. The Hall–Kier alpha value is -0.920. The predicted octanol–water partition coefficient (Wildman–Crippen LogP) is 2.18. The molecule has 0 atom stereocenters. The molecule has 0 amide bonds. The van der Waals surface area contributed by atoms with Crippen LogP contribution in [0.1, 0.15) is 0 Å². The fourth-order valence-electron chi connectivity index (χ4n) is 1.58. The first-order valence-electron chi connectivity index (χ1n) is 5.72. The number of hydrogen-bond donors (Lipinski definition) is 1. The Balaban J connectivity index is 2.19. The Morgan fingerprint density at radius 3 is 2.10 bits per heavy atom. The van der Waals surface area contributed by atoms with Crippen LogP contribution in [0.3, 0.4) is 0 Å². The van der Waals surface area contributed by atoms with Crippen molar-refractivity contribution < 1.29 is 14.6 Å². The van der Waals surface area contributed by atoms with Crippen LogP contribution < -0.4 is 12.0 Å². The van der Waals surface area contributed by atoms with Crippen molar-refractivity contribution >= 4 is 47.1 Å². The van der Waals surface area contributed by atoms with Crippen LogP contribution in [0.2, 0.25) is 0 Å². The van der Waals surface area contributed by atoms with Gasteiger partial charge in [0.05, 0.1) is 0 Å². The van der Waals surface area contributed by atoms with Gasteiger partial charge in [-0.25, -0.2) is 0 Å². The SMILES string of the molecule is O=C(O)COc1ccc([Te](Cl)(Cl)c2ccccc2)cc1. The zero-order valence-electron chi connectivity index (χ0n) is 10.3. The van der Waals surface area contributed by atoms with Gasteiger partial charge in [0, 0.05) is 0 Å². The molecule has 0 heterocycles. The number of halogens is 2. The van der Waals surface area contributed by atoms with Gasteiger partial charge in [0.15, 0.2) is 0 Å². The molecular weight excluding hydrogens is 415 g/mol. The molecule has 0 radical (unpaired) electrons. The first-order chi connectivity index (χ1) is 9.50. The molecule has 0 fully saturated rings. The quantitative estimate of drug-likeness (QED) is 0.746. The molecule has 2 aromatic rings. The van der Waals surface area contributed by atoms with Crippen molar-refractivity contribution in [2.75, 3.05) is 6.61 Å². The van der Waals surface area contributed by atoms with E-state index >= 15 is 0 Å². The van der Waals surface area contributed by atoms with Gasteiger partial charge in [-0.15, -0.1) is 0 Å². The van der Waals surface area contributed by atoms with Crippen LogP contribution in [-0.2, 0) is 4.79 Å². The maximum absolute atomic E-state index is 10.4. The molecule has 2 aromatic carbocycles. The van der Waals surface area contributed by atoms with Gasteiger partial charge in [0.25, 0.3) is 0 Å². The van der Waals surface area contributed by atoms with Crippen molar-refractivity contribution in [1.82, 2.24) is 0 Å². The molecule has 0 aliphatic carbocycles. The van der Waals surface area contributed by atoms with Crippen LogP contribution in [0, 0.1) is 0 Å². The number of carboxylic acid groups (broad SMARTS) is 1. The summed E-state index contributed by atoms with van der Waals surface area (Å²) in [5, 5.41) is 8.55. The van der Waals surface area contributed by atoms with Crippen molar-refractivity contribution in [3.63, 3.8) is 0 Å². The summed E-state index contributed by atoms with van der Waals surface area (Å²) in [4.78, 5) is 10.4. The van der Waals surface area contributed by atoms with Gasteiger partial charge >= 0.3 is 129 Å². The summed E-state index contributed by atoms with van der Waals surface area (Å²) < 4.78 is 6.91. The average Bonchev–Trinajstić information content (AvgIpc) is 2.46. The zero-order chi connectivity index (χ0) is 14.6. The van der Waals surface area contributed by atoms with E-state index in [0.717, 1.165) is 7.22 Å². The van der Waals surface area contributed by atoms with Gasteiger partial charge in [0.2, 0.25) is 0 Å². The second kappa shape index (κ2) is 6.69. The summed E-state index contributed by atoms with van der Waals surface area (Å²) in [7, 11) is 13.2. The van der Waals surface area contributed by atoms with Crippen LogP contribution in [0.25, 0.3) is 0 Å². The molecule has 0 aliphatic rings. The number of benzene rings is 2. The minimum absolute atomic E-state index is 0.368. The van der Waals surface area contributed by atoms with Crippen LogP contribution in [-0.4, -0.2) is 33.6 Å². The molecule has 0 aromatic heterocycles. The third-order valence-corrected chi connectivity index (χ3v) is 12.2. The second-order valence-corrected chi connectivity index (χ2v) is 16.6. The van der Waals surface area contributed by atoms with Gasteiger partial charge in [-0.05, 0) is 0 Å². The van der Waals surface area contributed by atoms with Crippen LogP contribution in [0.4, 0.5) is 0 Å². The summed E-state index contributed by atoms with van der Waals surface area (Å²) in [5.41, 5.74) is 0. The molecule has 2 rings (SSSR count). The van der Waals surface area contributed by atoms with E-state index in [1.54, 1.807) is 24.3 Å². The van der Waals surface area contributed by atoms with Crippen molar-refractivity contribution in [1.29, 1.82) is 0 Å². The fourth-order valence-corrected chi connectivity index (χ4v) is 7.90. The molecular formula is C14H12Cl2O3Te. The van der Waals surface area contributed by atoms with Crippen LogP contribution >= 0.6 is 17.9 Å². The summed E-state index contributed by atoms with van der Waals surface area (Å²) >= 11 is -3.34. The van der Waals surface area contributed by atoms with Crippen molar-refractivity contribution in [3.8, 4) is 5.75 Å². The monoisotopic (exact) mass is 428 g/mol. The van der Waals surface area contributed by atoms with Crippen molar-refractivity contribution in [2.45, 2.75) is 0 Å². The normalized spacial score (nSPS) is 11.9. The maximum atomic E-state index is 10.4. The summed E-state index contributed by atoms with van der Waals surface area (Å²) in [6.45, 7) is -0.368. The Morgan fingerprint density at radius 2 is 1.55 bits per heavy atom. The molecule has 0 bridgehead atoms. The van der Waals surface area contributed by atoms with Gasteiger partial charge in [-0.2, -0.15) is 0 Å². The molecule has 6 heteroatoms. The Labute approximate surface area is 128 Å². The molecule has 1 N–H and O–H groups in total. The first-order valence-corrected chi connectivity index (χ1v) is 14.0. The van der Waals surface area contributed by atoms with Crippen LogP contribution in [0.5, 0.6) is 5.75 Å². The Kier molecular flexibility index (Phi) is 5.17. The third kappa shape index (κ3) is 3.80. The van der Waals surface area contributed by atoms with Gasteiger partial charge in [0.1, 0.15) is 0 Å². The molecule has 0 saturated carbocycles. The molecule has 0 unspecified atom stereocenters. The first kappa shape index (κ1) is 15.5. The van der Waals surface area contributed by atoms with E-state index in [1.165, 1.54) is 0 Å². The predicted molar refractivity (Wildman–Crippen MR) is 82.7 cm³/mol. The summed E-state index contributed by atoms with van der Waals surface area (Å²) in [6, 6.07) is 16.6. The number of ether oxygens (including phenoxy) is 1. The molecule has 3 nitrogen and oxygen atoms in total.